The number of fused-ring (bicyclic) bond motifs is 3. The van der Waals surface area contributed by atoms with E-state index in [4.69, 9.17) is 0 Å². The first-order valence-electron chi connectivity index (χ1n) is 8.35. The van der Waals surface area contributed by atoms with Crippen LogP contribution in [0, 0.1) is 6.92 Å². The molecule has 4 aromatic rings. The number of rotatable bonds is 4. The molecule has 0 aliphatic carbocycles. The minimum absolute atomic E-state index is 0.106. The molecule has 27 heavy (non-hydrogen) atoms. The summed E-state index contributed by atoms with van der Waals surface area (Å²) in [5.41, 5.74) is 2.01. The van der Waals surface area contributed by atoms with Crippen molar-refractivity contribution in [2.75, 3.05) is 11.6 Å². The van der Waals surface area contributed by atoms with E-state index in [1.165, 1.54) is 4.57 Å². The Kier molecular flexibility index (Phi) is 4.41. The number of amides is 1. The van der Waals surface area contributed by atoms with Gasteiger partial charge >= 0.3 is 0 Å². The first-order valence-corrected chi connectivity index (χ1v) is 9.58. The number of anilines is 1. The Morgan fingerprint density at radius 1 is 1.11 bits per heavy atom. The molecule has 2 aromatic carbocycles. The molecule has 1 N–H and O–H groups in total. The van der Waals surface area contributed by atoms with Gasteiger partial charge in [-0.05, 0) is 43.5 Å². The number of carbonyl (C=O) groups is 1. The molecular formula is C19H17N5O2S. The number of carbonyl (C=O) groups excluding carboxylic acids is 1. The SMILES string of the molecule is CSc1cccc(NC(=O)Cn2c(=O)c3nnc(C)n3c3ccccc32)c1. The lowest BCUT2D eigenvalue weighted by atomic mass is 10.2. The van der Waals surface area contributed by atoms with Crippen LogP contribution in [0.4, 0.5) is 5.69 Å². The van der Waals surface area contributed by atoms with Gasteiger partial charge in [-0.15, -0.1) is 22.0 Å². The van der Waals surface area contributed by atoms with Crippen molar-refractivity contribution in [3.63, 3.8) is 0 Å². The molecule has 0 saturated heterocycles. The van der Waals surface area contributed by atoms with E-state index in [2.05, 4.69) is 15.5 Å². The quantitative estimate of drug-likeness (QED) is 0.552. The summed E-state index contributed by atoms with van der Waals surface area (Å²) in [6.07, 6.45) is 1.97. The van der Waals surface area contributed by atoms with Crippen LogP contribution < -0.4 is 10.9 Å². The van der Waals surface area contributed by atoms with Crippen molar-refractivity contribution in [1.29, 1.82) is 0 Å². The van der Waals surface area contributed by atoms with E-state index in [1.807, 2.05) is 54.8 Å². The highest BCUT2D eigenvalue weighted by atomic mass is 32.2. The number of thioether (sulfide) groups is 1. The Labute approximate surface area is 159 Å². The number of hydrogen-bond acceptors (Lipinski definition) is 5. The van der Waals surface area contributed by atoms with Gasteiger partial charge in [0.15, 0.2) is 0 Å². The molecule has 4 rings (SSSR count). The van der Waals surface area contributed by atoms with Crippen molar-refractivity contribution < 1.29 is 4.79 Å². The second kappa shape index (κ2) is 6.88. The third kappa shape index (κ3) is 3.08. The molecule has 0 spiro atoms. The number of nitrogens with one attached hydrogen (secondary N) is 1. The molecule has 8 heteroatoms. The van der Waals surface area contributed by atoms with Crippen LogP contribution in [0.15, 0.2) is 58.2 Å². The number of hydrogen-bond donors (Lipinski definition) is 1. The average molecular weight is 379 g/mol. The zero-order valence-corrected chi connectivity index (χ0v) is 15.7. The predicted molar refractivity (Wildman–Crippen MR) is 106 cm³/mol. The van der Waals surface area contributed by atoms with Crippen LogP contribution in [-0.4, -0.2) is 31.3 Å². The monoisotopic (exact) mass is 379 g/mol. The predicted octanol–water partition coefficient (Wildman–Crippen LogP) is 2.71. The highest BCUT2D eigenvalue weighted by molar-refractivity contribution is 7.98. The minimum atomic E-state index is -0.345. The minimum Gasteiger partial charge on any atom is -0.324 e. The van der Waals surface area contributed by atoms with Gasteiger partial charge in [0.25, 0.3) is 5.56 Å². The van der Waals surface area contributed by atoms with Crippen LogP contribution in [0.1, 0.15) is 5.82 Å². The average Bonchev–Trinajstić information content (AvgIpc) is 3.07. The first-order chi connectivity index (χ1) is 13.1. The van der Waals surface area contributed by atoms with E-state index in [0.717, 1.165) is 10.4 Å². The van der Waals surface area contributed by atoms with Crippen LogP contribution in [0.2, 0.25) is 0 Å². The third-order valence-corrected chi connectivity index (χ3v) is 5.06. The lowest BCUT2D eigenvalue weighted by molar-refractivity contribution is -0.116. The number of aromatic nitrogens is 4. The molecule has 1 amide bonds. The molecule has 136 valence electrons. The Hall–Kier alpha value is -3.13. The molecule has 0 aliphatic rings. The van der Waals surface area contributed by atoms with Gasteiger partial charge < -0.3 is 5.32 Å². The molecule has 2 heterocycles. The van der Waals surface area contributed by atoms with Crippen molar-refractivity contribution >= 4 is 40.0 Å². The molecule has 0 bridgehead atoms. The number of para-hydroxylation sites is 2. The smallest absolute Gasteiger partial charge is 0.297 e. The molecule has 0 fully saturated rings. The fourth-order valence-corrected chi connectivity index (χ4v) is 3.56. The highest BCUT2D eigenvalue weighted by Crippen LogP contribution is 2.19. The summed E-state index contributed by atoms with van der Waals surface area (Å²) in [5, 5.41) is 10.9. The van der Waals surface area contributed by atoms with Gasteiger partial charge in [0.2, 0.25) is 11.6 Å². The zero-order valence-electron chi connectivity index (χ0n) is 14.8. The largest absolute Gasteiger partial charge is 0.324 e. The lowest BCUT2D eigenvalue weighted by Gasteiger charge is -2.12. The van der Waals surface area contributed by atoms with Crippen LogP contribution in [0.25, 0.3) is 16.7 Å². The summed E-state index contributed by atoms with van der Waals surface area (Å²) in [4.78, 5) is 26.6. The summed E-state index contributed by atoms with van der Waals surface area (Å²) >= 11 is 1.60. The first kappa shape index (κ1) is 17.3. The fraction of sp³-hybridized carbons (Fsp3) is 0.158. The van der Waals surface area contributed by atoms with Gasteiger partial charge in [-0.25, -0.2) is 0 Å². The standard InChI is InChI=1S/C19H17N5O2S/c1-12-21-22-18-19(26)23(15-8-3-4-9-16(15)24(12)18)11-17(25)20-13-6-5-7-14(10-13)27-2/h3-10H,11H2,1-2H3,(H,20,25). The second-order valence-corrected chi connectivity index (χ2v) is 6.95. The Balaban J connectivity index is 1.75. The van der Waals surface area contributed by atoms with Gasteiger partial charge in [-0.2, -0.15) is 0 Å². The van der Waals surface area contributed by atoms with Gasteiger partial charge in [0.05, 0.1) is 11.0 Å². The molecule has 2 aromatic heterocycles. The maximum Gasteiger partial charge on any atom is 0.297 e. The number of aryl methyl sites for hydroxylation is 1. The van der Waals surface area contributed by atoms with Crippen LogP contribution in [-0.2, 0) is 11.3 Å². The normalized spacial score (nSPS) is 11.2. The number of benzene rings is 2. The van der Waals surface area contributed by atoms with Crippen molar-refractivity contribution in [1.82, 2.24) is 19.2 Å². The highest BCUT2D eigenvalue weighted by Gasteiger charge is 2.16. The Morgan fingerprint density at radius 3 is 2.67 bits per heavy atom. The van der Waals surface area contributed by atoms with Crippen molar-refractivity contribution in [2.24, 2.45) is 0 Å². The van der Waals surface area contributed by atoms with Crippen molar-refractivity contribution in [3.8, 4) is 0 Å². The molecule has 7 nitrogen and oxygen atoms in total. The van der Waals surface area contributed by atoms with Crippen LogP contribution in [0.3, 0.4) is 0 Å². The summed E-state index contributed by atoms with van der Waals surface area (Å²) in [6, 6.07) is 15.0. The molecule has 0 saturated carbocycles. The van der Waals surface area contributed by atoms with Crippen LogP contribution >= 0.6 is 11.8 Å². The van der Waals surface area contributed by atoms with E-state index in [0.29, 0.717) is 17.0 Å². The Morgan fingerprint density at radius 2 is 1.89 bits per heavy atom. The van der Waals surface area contributed by atoms with Crippen molar-refractivity contribution in [3.05, 3.63) is 64.7 Å². The molecular weight excluding hydrogens is 362 g/mol. The summed E-state index contributed by atoms with van der Waals surface area (Å²) in [7, 11) is 0. The molecule has 0 unspecified atom stereocenters. The van der Waals surface area contributed by atoms with E-state index in [9.17, 15) is 9.59 Å². The van der Waals surface area contributed by atoms with Crippen molar-refractivity contribution in [2.45, 2.75) is 18.4 Å². The molecule has 0 atom stereocenters. The lowest BCUT2D eigenvalue weighted by Crippen LogP contribution is -2.29. The van der Waals surface area contributed by atoms with Gasteiger partial charge in [-0.3, -0.25) is 18.6 Å². The third-order valence-electron chi connectivity index (χ3n) is 4.33. The van der Waals surface area contributed by atoms with E-state index >= 15 is 0 Å². The molecule has 0 aliphatic heterocycles. The zero-order chi connectivity index (χ0) is 19.0. The number of nitrogens with zero attached hydrogens (tertiary/aromatic N) is 4. The van der Waals surface area contributed by atoms with Gasteiger partial charge in [-0.1, -0.05) is 18.2 Å². The van der Waals surface area contributed by atoms with Gasteiger partial charge in [0.1, 0.15) is 12.4 Å². The fourth-order valence-electron chi connectivity index (χ4n) is 3.10. The molecule has 0 radical (unpaired) electrons. The Bertz CT molecular complexity index is 1230. The van der Waals surface area contributed by atoms with E-state index in [-0.39, 0.29) is 23.7 Å². The van der Waals surface area contributed by atoms with E-state index in [1.54, 1.807) is 23.1 Å². The summed E-state index contributed by atoms with van der Waals surface area (Å²) < 4.78 is 3.15. The van der Waals surface area contributed by atoms with E-state index < -0.39 is 0 Å². The maximum atomic E-state index is 12.9. The topological polar surface area (TPSA) is 81.3 Å². The van der Waals surface area contributed by atoms with Gasteiger partial charge in [0, 0.05) is 10.6 Å². The second-order valence-electron chi connectivity index (χ2n) is 6.07. The van der Waals surface area contributed by atoms with Crippen LogP contribution in [0.5, 0.6) is 0 Å². The maximum absolute atomic E-state index is 12.9. The summed E-state index contributed by atoms with van der Waals surface area (Å²) in [5.74, 6) is 0.352. The summed E-state index contributed by atoms with van der Waals surface area (Å²) in [6.45, 7) is 1.69.